The number of aryl methyl sites for hydroxylation is 2. The van der Waals surface area contributed by atoms with Crippen molar-refractivity contribution < 1.29 is 19.1 Å². The number of hydrogen-bond acceptors (Lipinski definition) is 4. The van der Waals surface area contributed by atoms with Gasteiger partial charge in [-0.05, 0) is 60.9 Å². The van der Waals surface area contributed by atoms with Crippen LogP contribution in [-0.4, -0.2) is 17.0 Å². The first-order valence-electron chi connectivity index (χ1n) is 10.1. The number of carboxylic acids is 1. The van der Waals surface area contributed by atoms with Crippen LogP contribution in [0.1, 0.15) is 37.4 Å². The zero-order chi connectivity index (χ0) is 22.8. The van der Waals surface area contributed by atoms with Gasteiger partial charge >= 0.3 is 5.97 Å². The van der Waals surface area contributed by atoms with E-state index in [1.807, 2.05) is 26.0 Å². The summed E-state index contributed by atoms with van der Waals surface area (Å²) < 4.78 is 6.00. The van der Waals surface area contributed by atoms with Crippen LogP contribution >= 0.6 is 0 Å². The van der Waals surface area contributed by atoms with Gasteiger partial charge in [0, 0.05) is 23.7 Å². The molecule has 0 atom stereocenters. The molecule has 0 unspecified atom stereocenters. The van der Waals surface area contributed by atoms with E-state index >= 15 is 0 Å². The molecule has 4 aromatic rings. The van der Waals surface area contributed by atoms with E-state index in [1.54, 1.807) is 36.4 Å². The molecule has 0 radical (unpaired) electrons. The van der Waals surface area contributed by atoms with Crippen LogP contribution in [0.2, 0.25) is 0 Å². The van der Waals surface area contributed by atoms with Gasteiger partial charge in [0.25, 0.3) is 5.91 Å². The predicted molar refractivity (Wildman–Crippen MR) is 122 cm³/mol. The fourth-order valence-corrected chi connectivity index (χ4v) is 3.64. The minimum atomic E-state index is -1.01. The normalized spacial score (nSPS) is 10.8. The number of benzene rings is 3. The van der Waals surface area contributed by atoms with Gasteiger partial charge in [-0.3, -0.25) is 9.59 Å². The molecule has 0 aliphatic carbocycles. The molecule has 0 aliphatic heterocycles. The lowest BCUT2D eigenvalue weighted by Gasteiger charge is -2.08. The Kier molecular flexibility index (Phi) is 5.60. The molecule has 0 aliphatic rings. The van der Waals surface area contributed by atoms with Crippen LogP contribution in [0.5, 0.6) is 0 Å². The number of carbonyl (C=O) groups excluding carboxylic acids is 1. The van der Waals surface area contributed by atoms with Gasteiger partial charge in [0.15, 0.2) is 5.43 Å². The second-order valence-electron chi connectivity index (χ2n) is 7.70. The lowest BCUT2D eigenvalue weighted by atomic mass is 10.1. The van der Waals surface area contributed by atoms with Crippen LogP contribution in [0, 0.1) is 13.8 Å². The average molecular weight is 427 g/mol. The maximum Gasteiger partial charge on any atom is 0.335 e. The molecule has 1 heterocycles. The zero-order valence-corrected chi connectivity index (χ0v) is 17.6. The zero-order valence-electron chi connectivity index (χ0n) is 17.6. The van der Waals surface area contributed by atoms with Crippen LogP contribution in [0.25, 0.3) is 22.3 Å². The van der Waals surface area contributed by atoms with Gasteiger partial charge in [-0.15, -0.1) is 0 Å². The van der Waals surface area contributed by atoms with Gasteiger partial charge in [-0.2, -0.15) is 0 Å². The first-order chi connectivity index (χ1) is 15.3. The van der Waals surface area contributed by atoms with E-state index in [2.05, 4.69) is 5.32 Å². The van der Waals surface area contributed by atoms with E-state index in [9.17, 15) is 14.4 Å². The molecule has 0 bridgehead atoms. The van der Waals surface area contributed by atoms with Crippen LogP contribution in [-0.2, 0) is 6.54 Å². The van der Waals surface area contributed by atoms with Gasteiger partial charge in [-0.25, -0.2) is 4.79 Å². The summed E-state index contributed by atoms with van der Waals surface area (Å²) in [6, 6.07) is 18.4. The summed E-state index contributed by atoms with van der Waals surface area (Å²) in [6.45, 7) is 4.05. The number of rotatable bonds is 5. The monoisotopic (exact) mass is 427 g/mol. The fourth-order valence-electron chi connectivity index (χ4n) is 3.64. The Morgan fingerprint density at radius 2 is 1.69 bits per heavy atom. The minimum absolute atomic E-state index is 0.113. The van der Waals surface area contributed by atoms with Gasteiger partial charge in [-0.1, -0.05) is 30.3 Å². The predicted octanol–water partition coefficient (Wildman–Crippen LogP) is 4.71. The van der Waals surface area contributed by atoms with E-state index < -0.39 is 5.97 Å². The third kappa shape index (κ3) is 4.30. The summed E-state index contributed by atoms with van der Waals surface area (Å²) >= 11 is 0. The summed E-state index contributed by atoms with van der Waals surface area (Å²) in [4.78, 5) is 36.1. The second-order valence-corrected chi connectivity index (χ2v) is 7.70. The van der Waals surface area contributed by atoms with Crippen molar-refractivity contribution in [3.05, 3.63) is 105 Å². The van der Waals surface area contributed by atoms with Gasteiger partial charge in [0.05, 0.1) is 10.9 Å². The van der Waals surface area contributed by atoms with Crippen molar-refractivity contribution in [3.8, 4) is 11.3 Å². The van der Waals surface area contributed by atoms with Crippen LogP contribution in [0.15, 0.2) is 75.9 Å². The standard InChI is InChI=1S/C26H21NO5/c1-15-10-16(2)24-21(11-15)22(28)13-23(32-24)18-6-8-19(9-7-18)25(29)27-14-17-4-3-5-20(12-17)26(30)31/h3-13H,14H2,1-2H3,(H,27,29)(H,30,31). The highest BCUT2D eigenvalue weighted by atomic mass is 16.4. The van der Waals surface area contributed by atoms with Crippen LogP contribution in [0.3, 0.4) is 0 Å². The van der Waals surface area contributed by atoms with E-state index in [0.717, 1.165) is 11.1 Å². The summed E-state index contributed by atoms with van der Waals surface area (Å²) in [5.74, 6) is -0.866. The maximum atomic E-state index is 12.6. The summed E-state index contributed by atoms with van der Waals surface area (Å²) in [5, 5.41) is 12.4. The number of amides is 1. The molecule has 0 fully saturated rings. The number of hydrogen-bond donors (Lipinski definition) is 2. The lowest BCUT2D eigenvalue weighted by Crippen LogP contribution is -2.22. The highest BCUT2D eigenvalue weighted by Crippen LogP contribution is 2.25. The third-order valence-corrected chi connectivity index (χ3v) is 5.22. The molecule has 2 N–H and O–H groups in total. The first kappa shape index (κ1) is 21.1. The Morgan fingerprint density at radius 3 is 2.41 bits per heavy atom. The van der Waals surface area contributed by atoms with Gasteiger partial charge in [0.1, 0.15) is 11.3 Å². The van der Waals surface area contributed by atoms with Crippen molar-refractivity contribution in [1.29, 1.82) is 0 Å². The molecular formula is C26H21NO5. The van der Waals surface area contributed by atoms with Crippen molar-refractivity contribution in [2.45, 2.75) is 20.4 Å². The Hall–Kier alpha value is -4.19. The number of aromatic carboxylic acids is 1. The number of carboxylic acid groups (broad SMARTS) is 1. The Labute approximate surface area is 184 Å². The Bertz CT molecular complexity index is 1400. The molecule has 0 saturated heterocycles. The van der Waals surface area contributed by atoms with E-state index in [0.29, 0.717) is 33.4 Å². The second kappa shape index (κ2) is 8.51. The van der Waals surface area contributed by atoms with E-state index in [-0.39, 0.29) is 23.4 Å². The smallest absolute Gasteiger partial charge is 0.335 e. The molecule has 32 heavy (non-hydrogen) atoms. The SMILES string of the molecule is Cc1cc(C)c2oc(-c3ccc(C(=O)NCc4cccc(C(=O)O)c4)cc3)cc(=O)c2c1. The molecule has 6 nitrogen and oxygen atoms in total. The quantitative estimate of drug-likeness (QED) is 0.481. The molecule has 0 saturated carbocycles. The molecule has 160 valence electrons. The summed E-state index contributed by atoms with van der Waals surface area (Å²) in [6.07, 6.45) is 0. The number of fused-ring (bicyclic) bond motifs is 1. The van der Waals surface area contributed by atoms with E-state index in [1.165, 1.54) is 18.2 Å². The highest BCUT2D eigenvalue weighted by Gasteiger charge is 2.12. The fraction of sp³-hybridized carbons (Fsp3) is 0.115. The van der Waals surface area contributed by atoms with Crippen molar-refractivity contribution >= 4 is 22.8 Å². The number of carbonyl (C=O) groups is 2. The Morgan fingerprint density at radius 1 is 0.938 bits per heavy atom. The third-order valence-electron chi connectivity index (χ3n) is 5.22. The largest absolute Gasteiger partial charge is 0.478 e. The van der Waals surface area contributed by atoms with Crippen molar-refractivity contribution in [1.82, 2.24) is 5.32 Å². The number of nitrogens with one attached hydrogen (secondary N) is 1. The summed E-state index contributed by atoms with van der Waals surface area (Å²) in [5.41, 5.74) is 4.33. The van der Waals surface area contributed by atoms with Gasteiger partial charge in [0.2, 0.25) is 0 Å². The molecule has 6 heteroatoms. The highest BCUT2D eigenvalue weighted by molar-refractivity contribution is 5.94. The molecule has 1 amide bonds. The van der Waals surface area contributed by atoms with E-state index in [4.69, 9.17) is 9.52 Å². The maximum absolute atomic E-state index is 12.6. The van der Waals surface area contributed by atoms with Crippen molar-refractivity contribution in [2.75, 3.05) is 0 Å². The van der Waals surface area contributed by atoms with Crippen molar-refractivity contribution in [2.24, 2.45) is 0 Å². The van der Waals surface area contributed by atoms with Crippen molar-refractivity contribution in [3.63, 3.8) is 0 Å². The van der Waals surface area contributed by atoms with Gasteiger partial charge < -0.3 is 14.8 Å². The molecule has 0 spiro atoms. The topological polar surface area (TPSA) is 96.6 Å². The molecule has 3 aromatic carbocycles. The molecular weight excluding hydrogens is 406 g/mol. The Balaban J connectivity index is 1.53. The molecule has 1 aromatic heterocycles. The summed E-state index contributed by atoms with van der Waals surface area (Å²) in [7, 11) is 0. The first-order valence-corrected chi connectivity index (χ1v) is 10.1. The average Bonchev–Trinajstić information content (AvgIpc) is 2.78. The molecule has 4 rings (SSSR count). The van der Waals surface area contributed by atoms with Crippen LogP contribution in [0.4, 0.5) is 0 Å². The minimum Gasteiger partial charge on any atom is -0.478 e. The van der Waals surface area contributed by atoms with Crippen LogP contribution < -0.4 is 10.7 Å². The lowest BCUT2D eigenvalue weighted by molar-refractivity contribution is 0.0696.